The summed E-state index contributed by atoms with van der Waals surface area (Å²) in [6, 6.07) is 12.8. The van der Waals surface area contributed by atoms with Crippen molar-refractivity contribution in [2.45, 2.75) is 43.5 Å². The second-order valence-electron chi connectivity index (χ2n) is 8.91. The van der Waals surface area contributed by atoms with Crippen LogP contribution in [0.25, 0.3) is 11.1 Å². The summed E-state index contributed by atoms with van der Waals surface area (Å²) in [6.07, 6.45) is 3.31. The standard InChI is InChI=1S/C24H29N3O5S/c1-17-8-9-22-19(16-17)23(28)26(33(22,30)31)13-5-4-12-25-14-10-18(11-15-25)27-20-6-2-3-7-21(20)32-24(27)29/h2-3,6-9,16,18,30-31H,4-5,10-15H2,1H3. The van der Waals surface area contributed by atoms with E-state index in [2.05, 4.69) is 4.90 Å². The van der Waals surface area contributed by atoms with E-state index in [1.165, 1.54) is 4.31 Å². The van der Waals surface area contributed by atoms with Crippen LogP contribution in [0.2, 0.25) is 0 Å². The molecule has 0 spiro atoms. The third kappa shape index (κ3) is 3.99. The molecule has 1 fully saturated rings. The van der Waals surface area contributed by atoms with Crippen molar-refractivity contribution in [3.8, 4) is 0 Å². The van der Waals surface area contributed by atoms with E-state index < -0.39 is 10.8 Å². The van der Waals surface area contributed by atoms with Gasteiger partial charge in [0.05, 0.1) is 16.0 Å². The zero-order valence-electron chi connectivity index (χ0n) is 18.6. The molecular formula is C24H29N3O5S. The zero-order valence-corrected chi connectivity index (χ0v) is 19.5. The van der Waals surface area contributed by atoms with Gasteiger partial charge in [-0.25, -0.2) is 9.10 Å². The van der Waals surface area contributed by atoms with Crippen LogP contribution >= 0.6 is 10.8 Å². The molecule has 0 unspecified atom stereocenters. The number of carbonyl (C=O) groups excluding carboxylic acids is 1. The lowest BCUT2D eigenvalue weighted by molar-refractivity contribution is 0.0859. The minimum atomic E-state index is -3.24. The fraction of sp³-hybridized carbons (Fsp3) is 0.417. The number of carbonyl (C=O) groups is 1. The van der Waals surface area contributed by atoms with Crippen LogP contribution in [0.1, 0.15) is 47.6 Å². The van der Waals surface area contributed by atoms with Gasteiger partial charge in [-0.15, -0.1) is 0 Å². The number of fused-ring (bicyclic) bond motifs is 2. The van der Waals surface area contributed by atoms with Crippen molar-refractivity contribution in [2.24, 2.45) is 0 Å². The molecule has 1 aromatic heterocycles. The fourth-order valence-electron chi connectivity index (χ4n) is 4.97. The molecule has 1 amide bonds. The van der Waals surface area contributed by atoms with E-state index in [0.717, 1.165) is 50.0 Å². The summed E-state index contributed by atoms with van der Waals surface area (Å²) < 4.78 is 29.7. The smallest absolute Gasteiger partial charge is 0.408 e. The molecule has 0 atom stereocenters. The molecule has 2 N–H and O–H groups in total. The Morgan fingerprint density at radius 1 is 1.03 bits per heavy atom. The first-order valence-electron chi connectivity index (χ1n) is 11.4. The average Bonchev–Trinajstić information content (AvgIpc) is 3.22. The number of likely N-dealkylation sites (tertiary alicyclic amines) is 1. The van der Waals surface area contributed by atoms with Crippen LogP contribution in [0.3, 0.4) is 0 Å². The summed E-state index contributed by atoms with van der Waals surface area (Å²) in [4.78, 5) is 27.8. The second-order valence-corrected chi connectivity index (χ2v) is 10.8. The number of nitrogens with zero attached hydrogens (tertiary/aromatic N) is 3. The van der Waals surface area contributed by atoms with Crippen LogP contribution in [0.15, 0.2) is 56.6 Å². The van der Waals surface area contributed by atoms with Gasteiger partial charge in [0, 0.05) is 25.7 Å². The number of piperidine rings is 1. The van der Waals surface area contributed by atoms with Gasteiger partial charge >= 0.3 is 5.76 Å². The maximum absolute atomic E-state index is 12.7. The first kappa shape index (κ1) is 22.2. The predicted molar refractivity (Wildman–Crippen MR) is 128 cm³/mol. The summed E-state index contributed by atoms with van der Waals surface area (Å²) in [5.41, 5.74) is 2.81. The molecule has 176 valence electrons. The summed E-state index contributed by atoms with van der Waals surface area (Å²) in [7, 11) is -3.24. The summed E-state index contributed by atoms with van der Waals surface area (Å²) in [6.45, 7) is 4.86. The van der Waals surface area contributed by atoms with Crippen molar-refractivity contribution in [1.29, 1.82) is 0 Å². The monoisotopic (exact) mass is 471 g/mol. The average molecular weight is 472 g/mol. The van der Waals surface area contributed by atoms with Crippen molar-refractivity contribution in [1.82, 2.24) is 13.8 Å². The Balaban J connectivity index is 1.13. The molecule has 5 rings (SSSR count). The van der Waals surface area contributed by atoms with Crippen molar-refractivity contribution >= 4 is 27.8 Å². The summed E-state index contributed by atoms with van der Waals surface area (Å²) in [5, 5.41) is 0. The van der Waals surface area contributed by atoms with Gasteiger partial charge in [0.1, 0.15) is 0 Å². The molecule has 0 radical (unpaired) electrons. The van der Waals surface area contributed by atoms with Crippen LogP contribution in [0.5, 0.6) is 0 Å². The predicted octanol–water partition coefficient (Wildman–Crippen LogP) is 4.50. The lowest BCUT2D eigenvalue weighted by Gasteiger charge is -2.37. The maximum atomic E-state index is 12.7. The number of hydrogen-bond acceptors (Lipinski definition) is 6. The number of oxazole rings is 1. The Bertz CT molecular complexity index is 1240. The molecule has 3 aromatic rings. The van der Waals surface area contributed by atoms with Gasteiger partial charge in [-0.2, -0.15) is 0 Å². The molecule has 9 heteroatoms. The van der Waals surface area contributed by atoms with E-state index >= 15 is 0 Å². The van der Waals surface area contributed by atoms with Crippen LogP contribution in [-0.4, -0.2) is 55.0 Å². The van der Waals surface area contributed by atoms with Crippen molar-refractivity contribution in [2.75, 3.05) is 26.2 Å². The number of benzene rings is 2. The van der Waals surface area contributed by atoms with Gasteiger partial charge in [-0.1, -0.05) is 34.5 Å². The number of rotatable bonds is 6. The summed E-state index contributed by atoms with van der Waals surface area (Å²) >= 11 is 0. The molecular weight excluding hydrogens is 442 g/mol. The largest absolute Gasteiger partial charge is 0.420 e. The number of aromatic nitrogens is 1. The van der Waals surface area contributed by atoms with E-state index in [9.17, 15) is 18.7 Å². The Morgan fingerprint density at radius 3 is 2.55 bits per heavy atom. The maximum Gasteiger partial charge on any atom is 0.420 e. The second kappa shape index (κ2) is 8.64. The van der Waals surface area contributed by atoms with Crippen LogP contribution in [0.4, 0.5) is 0 Å². The van der Waals surface area contributed by atoms with Gasteiger partial charge in [-0.3, -0.25) is 18.5 Å². The Hall–Kier alpha value is -2.59. The van der Waals surface area contributed by atoms with E-state index in [1.807, 2.05) is 31.2 Å². The van der Waals surface area contributed by atoms with Crippen LogP contribution in [0, 0.1) is 6.92 Å². The molecule has 0 aliphatic carbocycles. The van der Waals surface area contributed by atoms with Gasteiger partial charge in [0.2, 0.25) is 0 Å². The lowest BCUT2D eigenvalue weighted by Crippen LogP contribution is -2.37. The Morgan fingerprint density at radius 2 is 1.76 bits per heavy atom. The van der Waals surface area contributed by atoms with E-state index in [4.69, 9.17) is 4.42 Å². The number of hydrogen-bond donors (Lipinski definition) is 2. The molecule has 0 saturated carbocycles. The van der Waals surface area contributed by atoms with E-state index in [1.54, 1.807) is 22.8 Å². The van der Waals surface area contributed by atoms with Gasteiger partial charge in [0.15, 0.2) is 5.58 Å². The molecule has 8 nitrogen and oxygen atoms in total. The number of unbranched alkanes of at least 4 members (excludes halogenated alkanes) is 1. The fourth-order valence-corrected chi connectivity index (χ4v) is 6.61. The van der Waals surface area contributed by atoms with E-state index in [0.29, 0.717) is 29.0 Å². The Labute approximate surface area is 193 Å². The van der Waals surface area contributed by atoms with Crippen molar-refractivity contribution in [3.05, 3.63) is 64.1 Å². The first-order valence-corrected chi connectivity index (χ1v) is 12.9. The highest BCUT2D eigenvalue weighted by atomic mass is 32.3. The molecule has 33 heavy (non-hydrogen) atoms. The highest BCUT2D eigenvalue weighted by molar-refractivity contribution is 8.23. The zero-order chi connectivity index (χ0) is 23.2. The summed E-state index contributed by atoms with van der Waals surface area (Å²) in [5.74, 6) is -0.590. The minimum absolute atomic E-state index is 0.134. The molecule has 0 bridgehead atoms. The minimum Gasteiger partial charge on any atom is -0.408 e. The molecule has 3 heterocycles. The van der Waals surface area contributed by atoms with Crippen molar-refractivity contribution < 1.29 is 18.3 Å². The first-order chi connectivity index (χ1) is 15.9. The van der Waals surface area contributed by atoms with Crippen LogP contribution < -0.4 is 5.76 Å². The number of amides is 1. The molecule has 1 saturated heterocycles. The normalized spacial score (nSPS) is 19.8. The lowest BCUT2D eigenvalue weighted by atomic mass is 10.0. The van der Waals surface area contributed by atoms with Crippen molar-refractivity contribution in [3.63, 3.8) is 0 Å². The van der Waals surface area contributed by atoms with Crippen LogP contribution in [-0.2, 0) is 0 Å². The highest BCUT2D eigenvalue weighted by Gasteiger charge is 2.40. The molecule has 2 aliphatic rings. The Kier molecular flexibility index (Phi) is 5.82. The third-order valence-electron chi connectivity index (χ3n) is 6.72. The van der Waals surface area contributed by atoms with Gasteiger partial charge in [-0.05, 0) is 63.4 Å². The molecule has 2 aromatic carbocycles. The topological polar surface area (TPSA) is 99.2 Å². The quantitative estimate of drug-likeness (QED) is 0.514. The number of para-hydroxylation sites is 2. The highest BCUT2D eigenvalue weighted by Crippen LogP contribution is 2.58. The number of aryl methyl sites for hydroxylation is 1. The third-order valence-corrected chi connectivity index (χ3v) is 8.63. The SMILES string of the molecule is Cc1ccc2c(c1)C(=O)N(CCCCN1CCC(n3c(=O)oc4ccccc43)CC1)S2(O)O. The van der Waals surface area contributed by atoms with E-state index in [-0.39, 0.29) is 17.7 Å². The van der Waals surface area contributed by atoms with Gasteiger partial charge < -0.3 is 9.32 Å². The molecule has 2 aliphatic heterocycles. The van der Waals surface area contributed by atoms with Gasteiger partial charge in [0.25, 0.3) is 5.91 Å².